The van der Waals surface area contributed by atoms with Crippen molar-refractivity contribution in [3.05, 3.63) is 23.8 Å². The van der Waals surface area contributed by atoms with Gasteiger partial charge >= 0.3 is 0 Å². The molecular weight excluding hydrogens is 228 g/mol. The van der Waals surface area contributed by atoms with E-state index >= 15 is 0 Å². The number of hydrogen-bond donors (Lipinski definition) is 2. The average molecular weight is 250 g/mol. The summed E-state index contributed by atoms with van der Waals surface area (Å²) in [6, 6.07) is 5.90. The minimum atomic E-state index is -0.0443. The lowest BCUT2D eigenvalue weighted by Crippen LogP contribution is -2.27. The van der Waals surface area contributed by atoms with Crippen LogP contribution in [0.4, 0.5) is 0 Å². The Morgan fingerprint density at radius 1 is 1.22 bits per heavy atom. The van der Waals surface area contributed by atoms with Crippen molar-refractivity contribution in [1.29, 1.82) is 0 Å². The van der Waals surface area contributed by atoms with E-state index in [0.29, 0.717) is 25.7 Å². The SMILES string of the molecule is CCC(CN)C(N)c1ccc2c(c1)OCCCO2. The average Bonchev–Trinajstić information content (AvgIpc) is 2.64. The van der Waals surface area contributed by atoms with Crippen LogP contribution in [0.2, 0.25) is 0 Å². The fourth-order valence-electron chi connectivity index (χ4n) is 2.23. The van der Waals surface area contributed by atoms with Crippen LogP contribution in [0.1, 0.15) is 31.4 Å². The first-order chi connectivity index (χ1) is 8.76. The second-order valence-corrected chi connectivity index (χ2v) is 4.69. The third kappa shape index (κ3) is 2.76. The van der Waals surface area contributed by atoms with E-state index in [-0.39, 0.29) is 6.04 Å². The van der Waals surface area contributed by atoms with Gasteiger partial charge < -0.3 is 20.9 Å². The van der Waals surface area contributed by atoms with Crippen LogP contribution >= 0.6 is 0 Å². The van der Waals surface area contributed by atoms with Gasteiger partial charge in [-0.3, -0.25) is 0 Å². The number of hydrogen-bond acceptors (Lipinski definition) is 4. The molecular formula is C14H22N2O2. The molecule has 4 nitrogen and oxygen atoms in total. The van der Waals surface area contributed by atoms with Crippen molar-refractivity contribution in [3.8, 4) is 11.5 Å². The van der Waals surface area contributed by atoms with Gasteiger partial charge in [0.1, 0.15) is 0 Å². The standard InChI is InChI=1S/C14H22N2O2/c1-2-10(9-15)14(16)11-4-5-12-13(8-11)18-7-3-6-17-12/h4-5,8,10,14H,2-3,6-7,9,15-16H2,1H3. The second kappa shape index (κ2) is 6.07. The lowest BCUT2D eigenvalue weighted by Gasteiger charge is -2.22. The Balaban J connectivity index is 2.21. The van der Waals surface area contributed by atoms with Gasteiger partial charge in [-0.15, -0.1) is 0 Å². The zero-order valence-corrected chi connectivity index (χ0v) is 10.9. The van der Waals surface area contributed by atoms with Crippen LogP contribution in [0.5, 0.6) is 11.5 Å². The van der Waals surface area contributed by atoms with E-state index in [1.165, 1.54) is 0 Å². The van der Waals surface area contributed by atoms with Gasteiger partial charge in [0.05, 0.1) is 13.2 Å². The molecule has 0 aliphatic carbocycles. The molecule has 100 valence electrons. The Morgan fingerprint density at radius 2 is 1.94 bits per heavy atom. The number of rotatable bonds is 4. The second-order valence-electron chi connectivity index (χ2n) is 4.69. The van der Waals surface area contributed by atoms with Crippen molar-refractivity contribution in [2.45, 2.75) is 25.8 Å². The van der Waals surface area contributed by atoms with Crippen LogP contribution in [0.15, 0.2) is 18.2 Å². The van der Waals surface area contributed by atoms with Crippen LogP contribution in [-0.4, -0.2) is 19.8 Å². The van der Waals surface area contributed by atoms with Crippen LogP contribution < -0.4 is 20.9 Å². The predicted octanol–water partition coefficient (Wildman–Crippen LogP) is 1.83. The first-order valence-corrected chi connectivity index (χ1v) is 6.61. The van der Waals surface area contributed by atoms with Gasteiger partial charge in [-0.05, 0) is 30.2 Å². The smallest absolute Gasteiger partial charge is 0.161 e. The topological polar surface area (TPSA) is 70.5 Å². The Bertz CT molecular complexity index is 391. The number of ether oxygens (including phenoxy) is 2. The number of fused-ring (bicyclic) bond motifs is 1. The maximum Gasteiger partial charge on any atom is 0.161 e. The fraction of sp³-hybridized carbons (Fsp3) is 0.571. The normalized spacial score (nSPS) is 17.9. The molecule has 2 rings (SSSR count). The van der Waals surface area contributed by atoms with Gasteiger partial charge in [0.15, 0.2) is 11.5 Å². The molecule has 0 amide bonds. The van der Waals surface area contributed by atoms with Crippen LogP contribution in [-0.2, 0) is 0 Å². The van der Waals surface area contributed by atoms with Crippen LogP contribution in [0, 0.1) is 5.92 Å². The Kier molecular flexibility index (Phi) is 4.44. The summed E-state index contributed by atoms with van der Waals surface area (Å²) in [5.74, 6) is 1.91. The number of benzene rings is 1. The molecule has 0 bridgehead atoms. The summed E-state index contributed by atoms with van der Waals surface area (Å²) in [6.07, 6.45) is 1.89. The lowest BCUT2D eigenvalue weighted by atomic mass is 9.91. The third-order valence-corrected chi connectivity index (χ3v) is 3.49. The molecule has 2 atom stereocenters. The first kappa shape index (κ1) is 13.2. The van der Waals surface area contributed by atoms with Crippen molar-refractivity contribution in [2.24, 2.45) is 17.4 Å². The molecule has 18 heavy (non-hydrogen) atoms. The maximum atomic E-state index is 6.26. The summed E-state index contributed by atoms with van der Waals surface area (Å²) in [6.45, 7) is 4.12. The Morgan fingerprint density at radius 3 is 2.61 bits per heavy atom. The molecule has 1 aliphatic rings. The maximum absolute atomic E-state index is 6.26. The van der Waals surface area contributed by atoms with Gasteiger partial charge in [-0.25, -0.2) is 0 Å². The highest BCUT2D eigenvalue weighted by molar-refractivity contribution is 5.44. The van der Waals surface area contributed by atoms with Gasteiger partial charge in [-0.2, -0.15) is 0 Å². The van der Waals surface area contributed by atoms with E-state index in [2.05, 4.69) is 6.92 Å². The number of nitrogens with two attached hydrogens (primary N) is 2. The summed E-state index contributed by atoms with van der Waals surface area (Å²) >= 11 is 0. The molecule has 0 saturated heterocycles. The van der Waals surface area contributed by atoms with Crippen molar-refractivity contribution in [2.75, 3.05) is 19.8 Å². The van der Waals surface area contributed by atoms with Crippen molar-refractivity contribution in [3.63, 3.8) is 0 Å². The minimum Gasteiger partial charge on any atom is -0.490 e. The lowest BCUT2D eigenvalue weighted by molar-refractivity contribution is 0.297. The van der Waals surface area contributed by atoms with Crippen LogP contribution in [0.3, 0.4) is 0 Å². The fourth-order valence-corrected chi connectivity index (χ4v) is 2.23. The minimum absolute atomic E-state index is 0.0443. The first-order valence-electron chi connectivity index (χ1n) is 6.61. The van der Waals surface area contributed by atoms with E-state index in [1.54, 1.807) is 0 Å². The van der Waals surface area contributed by atoms with Gasteiger partial charge in [0, 0.05) is 12.5 Å². The van der Waals surface area contributed by atoms with Crippen LogP contribution in [0.25, 0.3) is 0 Å². The molecule has 4 N–H and O–H groups in total. The molecule has 1 aliphatic heterocycles. The molecule has 0 saturated carbocycles. The summed E-state index contributed by atoms with van der Waals surface area (Å²) < 4.78 is 11.3. The van der Waals surface area contributed by atoms with Crippen molar-refractivity contribution >= 4 is 0 Å². The largest absolute Gasteiger partial charge is 0.490 e. The van der Waals surface area contributed by atoms with Gasteiger partial charge in [0.25, 0.3) is 0 Å². The van der Waals surface area contributed by atoms with E-state index in [0.717, 1.165) is 29.9 Å². The monoisotopic (exact) mass is 250 g/mol. The summed E-state index contributed by atoms with van der Waals surface area (Å²) in [5, 5.41) is 0. The van der Waals surface area contributed by atoms with Crippen molar-refractivity contribution in [1.82, 2.24) is 0 Å². The Labute approximate surface area is 108 Å². The zero-order chi connectivity index (χ0) is 13.0. The summed E-state index contributed by atoms with van der Waals surface area (Å²) in [4.78, 5) is 0. The van der Waals surface area contributed by atoms with Crippen molar-refractivity contribution < 1.29 is 9.47 Å². The van der Waals surface area contributed by atoms with Gasteiger partial charge in [0.2, 0.25) is 0 Å². The predicted molar refractivity (Wildman–Crippen MR) is 71.8 cm³/mol. The Hall–Kier alpha value is -1.26. The molecule has 1 heterocycles. The third-order valence-electron chi connectivity index (χ3n) is 3.49. The highest BCUT2D eigenvalue weighted by atomic mass is 16.5. The zero-order valence-electron chi connectivity index (χ0n) is 10.9. The molecule has 1 aromatic rings. The quantitative estimate of drug-likeness (QED) is 0.855. The van der Waals surface area contributed by atoms with E-state index in [1.807, 2.05) is 18.2 Å². The molecule has 2 unspecified atom stereocenters. The van der Waals surface area contributed by atoms with Gasteiger partial charge in [-0.1, -0.05) is 19.4 Å². The molecule has 0 spiro atoms. The highest BCUT2D eigenvalue weighted by Crippen LogP contribution is 2.33. The molecule has 0 aromatic heterocycles. The van der Waals surface area contributed by atoms with E-state index < -0.39 is 0 Å². The molecule has 1 aromatic carbocycles. The van der Waals surface area contributed by atoms with E-state index in [4.69, 9.17) is 20.9 Å². The molecule has 0 radical (unpaired) electrons. The molecule has 4 heteroatoms. The summed E-state index contributed by atoms with van der Waals surface area (Å²) in [5.41, 5.74) is 13.1. The molecule has 0 fully saturated rings. The summed E-state index contributed by atoms with van der Waals surface area (Å²) in [7, 11) is 0. The highest BCUT2D eigenvalue weighted by Gasteiger charge is 2.19. The van der Waals surface area contributed by atoms with E-state index in [9.17, 15) is 0 Å².